The number of aryl methyl sites for hydroxylation is 1. The van der Waals surface area contributed by atoms with Gasteiger partial charge in [-0.3, -0.25) is 4.98 Å². The van der Waals surface area contributed by atoms with Crippen LogP contribution in [0.4, 0.5) is 0 Å². The third kappa shape index (κ3) is 2.73. The second-order valence-electron chi connectivity index (χ2n) is 3.90. The van der Waals surface area contributed by atoms with E-state index in [4.69, 9.17) is 10.0 Å². The molecule has 3 nitrogen and oxygen atoms in total. The Labute approximate surface area is 101 Å². The average molecular weight is 227 g/mol. The molecule has 17 heavy (non-hydrogen) atoms. The molecule has 0 aliphatic heterocycles. The summed E-state index contributed by atoms with van der Waals surface area (Å²) < 4.78 is 0. The second kappa shape index (κ2) is 5.12. The molecule has 2 rings (SSSR count). The highest BCUT2D eigenvalue weighted by molar-refractivity contribution is 6.58. The zero-order valence-corrected chi connectivity index (χ0v) is 9.67. The van der Waals surface area contributed by atoms with E-state index in [1.807, 2.05) is 12.1 Å². The maximum atomic E-state index is 9.11. The zero-order chi connectivity index (χ0) is 12.3. The minimum absolute atomic E-state index is 0.453. The van der Waals surface area contributed by atoms with E-state index >= 15 is 0 Å². The minimum Gasteiger partial charge on any atom is -0.423 e. The molecule has 86 valence electrons. The van der Waals surface area contributed by atoms with E-state index in [1.54, 1.807) is 18.3 Å². The molecule has 1 aromatic carbocycles. The largest absolute Gasteiger partial charge is 0.488 e. The molecule has 1 aromatic heterocycles. The van der Waals surface area contributed by atoms with Gasteiger partial charge in [0.25, 0.3) is 0 Å². The highest BCUT2D eigenvalue weighted by Crippen LogP contribution is 2.16. The summed E-state index contributed by atoms with van der Waals surface area (Å²) in [6.07, 6.45) is 2.58. The van der Waals surface area contributed by atoms with Crippen molar-refractivity contribution in [2.45, 2.75) is 13.3 Å². The Hall–Kier alpha value is -1.65. The van der Waals surface area contributed by atoms with Crippen LogP contribution < -0.4 is 5.46 Å². The molecule has 0 aliphatic rings. The number of nitrogens with zero attached hydrogens (tertiary/aromatic N) is 1. The molecule has 4 heteroatoms. The van der Waals surface area contributed by atoms with E-state index in [1.165, 1.54) is 5.56 Å². The van der Waals surface area contributed by atoms with Crippen molar-refractivity contribution in [1.82, 2.24) is 4.98 Å². The molecule has 0 unspecified atom stereocenters. The highest BCUT2D eigenvalue weighted by atomic mass is 16.4. The number of hydrogen-bond acceptors (Lipinski definition) is 3. The smallest absolute Gasteiger partial charge is 0.423 e. The van der Waals surface area contributed by atoms with Crippen molar-refractivity contribution >= 4 is 12.6 Å². The van der Waals surface area contributed by atoms with E-state index in [9.17, 15) is 0 Å². The van der Waals surface area contributed by atoms with Gasteiger partial charge < -0.3 is 10.0 Å². The molecular weight excluding hydrogens is 213 g/mol. The van der Waals surface area contributed by atoms with Gasteiger partial charge in [-0.1, -0.05) is 31.2 Å². The molecular formula is C13H14BNO2. The van der Waals surface area contributed by atoms with Crippen molar-refractivity contribution in [2.75, 3.05) is 0 Å². The molecule has 0 saturated carbocycles. The second-order valence-corrected chi connectivity index (χ2v) is 3.90. The van der Waals surface area contributed by atoms with E-state index in [0.717, 1.165) is 17.7 Å². The number of benzene rings is 1. The Balaban J connectivity index is 2.35. The van der Waals surface area contributed by atoms with Gasteiger partial charge in [0, 0.05) is 11.8 Å². The maximum absolute atomic E-state index is 9.11. The first-order valence-electron chi connectivity index (χ1n) is 5.62. The molecule has 0 radical (unpaired) electrons. The van der Waals surface area contributed by atoms with Crippen LogP contribution in [0.25, 0.3) is 11.3 Å². The monoisotopic (exact) mass is 227 g/mol. The first-order valence-corrected chi connectivity index (χ1v) is 5.62. The van der Waals surface area contributed by atoms with Crippen molar-refractivity contribution in [1.29, 1.82) is 0 Å². The van der Waals surface area contributed by atoms with E-state index in [0.29, 0.717) is 5.46 Å². The molecule has 0 saturated heterocycles. The predicted molar refractivity (Wildman–Crippen MR) is 68.9 cm³/mol. The summed E-state index contributed by atoms with van der Waals surface area (Å²) in [5.74, 6) is 0. The van der Waals surface area contributed by atoms with Crippen LogP contribution in [0.2, 0.25) is 0 Å². The van der Waals surface area contributed by atoms with Crippen LogP contribution in [0.15, 0.2) is 42.6 Å². The SMILES string of the molecule is CCc1ccc(-c2cc(B(O)O)ccn2)cc1. The summed E-state index contributed by atoms with van der Waals surface area (Å²) in [5.41, 5.74) is 3.45. The Bertz CT molecular complexity index is 497. The predicted octanol–water partition coefficient (Wildman–Crippen LogP) is 0.991. The molecule has 0 amide bonds. The Morgan fingerprint density at radius 2 is 1.82 bits per heavy atom. The van der Waals surface area contributed by atoms with E-state index in [-0.39, 0.29) is 0 Å². The van der Waals surface area contributed by atoms with E-state index in [2.05, 4.69) is 24.0 Å². The van der Waals surface area contributed by atoms with Crippen molar-refractivity contribution < 1.29 is 10.0 Å². The molecule has 0 fully saturated rings. The lowest BCUT2D eigenvalue weighted by Crippen LogP contribution is -2.29. The summed E-state index contributed by atoms with van der Waals surface area (Å²) in [7, 11) is -1.45. The van der Waals surface area contributed by atoms with Crippen LogP contribution in [0.1, 0.15) is 12.5 Å². The zero-order valence-electron chi connectivity index (χ0n) is 9.67. The van der Waals surface area contributed by atoms with E-state index < -0.39 is 7.12 Å². The van der Waals surface area contributed by atoms with Crippen LogP contribution >= 0.6 is 0 Å². The summed E-state index contributed by atoms with van der Waals surface area (Å²) in [6.45, 7) is 2.11. The lowest BCUT2D eigenvalue weighted by Gasteiger charge is -2.04. The topological polar surface area (TPSA) is 53.4 Å². The standard InChI is InChI=1S/C13H14BNO2/c1-2-10-3-5-11(6-4-10)13-9-12(14(16)17)7-8-15-13/h3-9,16-17H,2H2,1H3. The fourth-order valence-corrected chi connectivity index (χ4v) is 1.68. The summed E-state index contributed by atoms with van der Waals surface area (Å²) in [4.78, 5) is 4.23. The van der Waals surface area contributed by atoms with Crippen LogP contribution in [-0.2, 0) is 6.42 Å². The minimum atomic E-state index is -1.45. The summed E-state index contributed by atoms with van der Waals surface area (Å²) >= 11 is 0. The van der Waals surface area contributed by atoms with Crippen LogP contribution in [0, 0.1) is 0 Å². The lowest BCUT2D eigenvalue weighted by molar-refractivity contribution is 0.425. The highest BCUT2D eigenvalue weighted by Gasteiger charge is 2.11. The molecule has 0 bridgehead atoms. The Morgan fingerprint density at radius 1 is 1.12 bits per heavy atom. The molecule has 0 atom stereocenters. The van der Waals surface area contributed by atoms with Gasteiger partial charge in [0.15, 0.2) is 0 Å². The van der Waals surface area contributed by atoms with Crippen molar-refractivity contribution in [2.24, 2.45) is 0 Å². The average Bonchev–Trinajstić information content (AvgIpc) is 2.39. The maximum Gasteiger partial charge on any atom is 0.488 e. The van der Waals surface area contributed by atoms with Gasteiger partial charge in [-0.2, -0.15) is 0 Å². The first kappa shape index (κ1) is 11.8. The van der Waals surface area contributed by atoms with Gasteiger partial charge in [0.2, 0.25) is 0 Å². The van der Waals surface area contributed by atoms with Crippen molar-refractivity contribution in [3.8, 4) is 11.3 Å². The molecule has 0 spiro atoms. The molecule has 2 N–H and O–H groups in total. The van der Waals surface area contributed by atoms with Gasteiger partial charge in [-0.15, -0.1) is 0 Å². The fourth-order valence-electron chi connectivity index (χ4n) is 1.68. The number of pyridine rings is 1. The van der Waals surface area contributed by atoms with Crippen molar-refractivity contribution in [3.63, 3.8) is 0 Å². The number of aromatic nitrogens is 1. The number of hydrogen-bond donors (Lipinski definition) is 2. The van der Waals surface area contributed by atoms with Crippen LogP contribution in [0.5, 0.6) is 0 Å². The summed E-state index contributed by atoms with van der Waals surface area (Å²) in [5, 5.41) is 18.2. The van der Waals surface area contributed by atoms with Gasteiger partial charge >= 0.3 is 7.12 Å². The van der Waals surface area contributed by atoms with Gasteiger partial charge in [-0.05, 0) is 29.6 Å². The fraction of sp³-hybridized carbons (Fsp3) is 0.154. The summed E-state index contributed by atoms with van der Waals surface area (Å²) in [6, 6.07) is 11.4. The van der Waals surface area contributed by atoms with Gasteiger partial charge in [0.1, 0.15) is 0 Å². The van der Waals surface area contributed by atoms with Crippen LogP contribution in [0.3, 0.4) is 0 Å². The molecule has 1 heterocycles. The Morgan fingerprint density at radius 3 is 2.41 bits per heavy atom. The first-order chi connectivity index (χ1) is 8.20. The molecule has 2 aromatic rings. The normalized spacial score (nSPS) is 10.3. The van der Waals surface area contributed by atoms with Gasteiger partial charge in [0.05, 0.1) is 5.69 Å². The van der Waals surface area contributed by atoms with Gasteiger partial charge in [-0.25, -0.2) is 0 Å². The third-order valence-electron chi connectivity index (χ3n) is 2.74. The lowest BCUT2D eigenvalue weighted by atomic mass is 9.80. The molecule has 0 aliphatic carbocycles. The van der Waals surface area contributed by atoms with Crippen molar-refractivity contribution in [3.05, 3.63) is 48.2 Å². The quantitative estimate of drug-likeness (QED) is 0.769. The van der Waals surface area contributed by atoms with Crippen LogP contribution in [-0.4, -0.2) is 22.2 Å². The third-order valence-corrected chi connectivity index (χ3v) is 2.74. The Kier molecular flexibility index (Phi) is 3.56. The number of rotatable bonds is 3.